The maximum atomic E-state index is 4.18. The standard InChI is InChI=1S/C36H48N4/c1-5-31(35-9-17-37-18-10-35)27-29(3)33-13-23-39(24-14-33)21-7-8-22-40-25-15-34(16-26-40)30(4)28-32(6-2)36-11-19-38-20-12-36/h9-20,23-26,29-32H,5-8,21-22,27-28H2,1-4H3/q+2. The van der Waals surface area contributed by atoms with E-state index in [1.807, 2.05) is 24.8 Å². The average Bonchev–Trinajstić information content (AvgIpc) is 3.02. The Morgan fingerprint density at radius 1 is 0.525 bits per heavy atom. The largest absolute Gasteiger partial charge is 0.265 e. The third-order valence-electron chi connectivity index (χ3n) is 8.67. The van der Waals surface area contributed by atoms with Gasteiger partial charge in [0.1, 0.15) is 13.1 Å². The molecule has 40 heavy (non-hydrogen) atoms. The molecule has 0 bridgehead atoms. The van der Waals surface area contributed by atoms with Crippen molar-refractivity contribution in [3.63, 3.8) is 0 Å². The van der Waals surface area contributed by atoms with E-state index in [1.54, 1.807) is 0 Å². The lowest BCUT2D eigenvalue weighted by atomic mass is 9.85. The molecule has 0 aliphatic heterocycles. The maximum absolute atomic E-state index is 4.18. The summed E-state index contributed by atoms with van der Waals surface area (Å²) in [5.41, 5.74) is 5.67. The van der Waals surface area contributed by atoms with Gasteiger partial charge in [0.05, 0.1) is 0 Å². The first kappa shape index (κ1) is 29.6. The fourth-order valence-electron chi connectivity index (χ4n) is 5.96. The lowest BCUT2D eigenvalue weighted by Gasteiger charge is -2.20. The van der Waals surface area contributed by atoms with Crippen molar-refractivity contribution in [2.45, 2.75) is 103 Å². The van der Waals surface area contributed by atoms with Crippen molar-refractivity contribution in [2.24, 2.45) is 0 Å². The summed E-state index contributed by atoms with van der Waals surface area (Å²) in [6.45, 7) is 11.4. The molecule has 4 nitrogen and oxygen atoms in total. The average molecular weight is 537 g/mol. The van der Waals surface area contributed by atoms with Crippen molar-refractivity contribution in [2.75, 3.05) is 0 Å². The van der Waals surface area contributed by atoms with Gasteiger partial charge in [0.25, 0.3) is 0 Å². The molecule has 210 valence electrons. The number of hydrogen-bond donors (Lipinski definition) is 0. The summed E-state index contributed by atoms with van der Waals surface area (Å²) in [7, 11) is 0. The van der Waals surface area contributed by atoms with Crippen LogP contribution in [0.2, 0.25) is 0 Å². The van der Waals surface area contributed by atoms with E-state index in [0.29, 0.717) is 23.7 Å². The summed E-state index contributed by atoms with van der Waals surface area (Å²) in [5.74, 6) is 2.25. The molecular formula is C36H48N4+2. The first-order valence-electron chi connectivity index (χ1n) is 15.3. The minimum atomic E-state index is 0.540. The quantitative estimate of drug-likeness (QED) is 0.114. The van der Waals surface area contributed by atoms with E-state index < -0.39 is 0 Å². The molecule has 0 amide bonds. The monoisotopic (exact) mass is 536 g/mol. The van der Waals surface area contributed by atoms with Crippen molar-refractivity contribution in [3.05, 3.63) is 120 Å². The van der Waals surface area contributed by atoms with Crippen LogP contribution in [0.15, 0.2) is 98.1 Å². The van der Waals surface area contributed by atoms with Crippen molar-refractivity contribution in [1.82, 2.24) is 9.97 Å². The van der Waals surface area contributed by atoms with E-state index >= 15 is 0 Å². The number of rotatable bonds is 15. The van der Waals surface area contributed by atoms with Crippen LogP contribution in [0.4, 0.5) is 0 Å². The van der Waals surface area contributed by atoms with E-state index in [9.17, 15) is 0 Å². The highest BCUT2D eigenvalue weighted by Crippen LogP contribution is 2.32. The predicted octanol–water partition coefficient (Wildman–Crippen LogP) is 7.91. The molecular weight excluding hydrogens is 488 g/mol. The van der Waals surface area contributed by atoms with Crippen LogP contribution in [-0.4, -0.2) is 9.97 Å². The molecule has 4 heterocycles. The topological polar surface area (TPSA) is 33.5 Å². The fourth-order valence-corrected chi connectivity index (χ4v) is 5.96. The van der Waals surface area contributed by atoms with Crippen molar-refractivity contribution in [3.8, 4) is 0 Å². The molecule has 4 atom stereocenters. The van der Waals surface area contributed by atoms with Crippen LogP contribution in [-0.2, 0) is 13.1 Å². The number of aryl methyl sites for hydroxylation is 2. The first-order chi connectivity index (χ1) is 19.6. The number of nitrogens with zero attached hydrogens (tertiary/aromatic N) is 4. The van der Waals surface area contributed by atoms with Gasteiger partial charge in [-0.25, -0.2) is 9.13 Å². The molecule has 0 N–H and O–H groups in total. The summed E-state index contributed by atoms with van der Waals surface area (Å²) in [5, 5.41) is 0. The van der Waals surface area contributed by atoms with Gasteiger partial charge in [-0.05, 0) is 95.9 Å². The van der Waals surface area contributed by atoms with E-state index in [-0.39, 0.29) is 0 Å². The highest BCUT2D eigenvalue weighted by molar-refractivity contribution is 5.20. The van der Waals surface area contributed by atoms with Gasteiger partial charge in [0.2, 0.25) is 0 Å². The summed E-state index contributed by atoms with van der Waals surface area (Å²) in [6, 6.07) is 17.9. The Labute approximate surface area is 242 Å². The third kappa shape index (κ3) is 8.55. The molecule has 4 heteroatoms. The second-order valence-corrected chi connectivity index (χ2v) is 11.5. The zero-order valence-corrected chi connectivity index (χ0v) is 25.0. The van der Waals surface area contributed by atoms with Gasteiger partial charge in [-0.3, -0.25) is 9.97 Å². The zero-order valence-electron chi connectivity index (χ0n) is 25.0. The Morgan fingerprint density at radius 3 is 1.20 bits per heavy atom. The van der Waals surface area contributed by atoms with Crippen LogP contribution in [0.25, 0.3) is 0 Å². The Hall–Kier alpha value is -3.40. The van der Waals surface area contributed by atoms with Crippen molar-refractivity contribution < 1.29 is 9.13 Å². The summed E-state index contributed by atoms with van der Waals surface area (Å²) >= 11 is 0. The zero-order chi connectivity index (χ0) is 28.2. The van der Waals surface area contributed by atoms with Crippen LogP contribution in [0, 0.1) is 0 Å². The van der Waals surface area contributed by atoms with Crippen LogP contribution in [0.3, 0.4) is 0 Å². The summed E-state index contributed by atoms with van der Waals surface area (Å²) in [4.78, 5) is 8.36. The third-order valence-corrected chi connectivity index (χ3v) is 8.67. The number of aromatic nitrogens is 4. The van der Waals surface area contributed by atoms with Crippen LogP contribution in [0.1, 0.15) is 112 Å². The molecule has 0 aliphatic rings. The Morgan fingerprint density at radius 2 is 0.875 bits per heavy atom. The predicted molar refractivity (Wildman–Crippen MR) is 163 cm³/mol. The normalized spacial score (nSPS) is 14.4. The van der Waals surface area contributed by atoms with E-state index in [1.165, 1.54) is 47.9 Å². The number of hydrogen-bond acceptors (Lipinski definition) is 2. The van der Waals surface area contributed by atoms with Crippen molar-refractivity contribution >= 4 is 0 Å². The lowest BCUT2D eigenvalue weighted by Crippen LogP contribution is -2.35. The van der Waals surface area contributed by atoms with Crippen molar-refractivity contribution in [1.29, 1.82) is 0 Å². The van der Waals surface area contributed by atoms with Gasteiger partial charge >= 0.3 is 0 Å². The Kier molecular flexibility index (Phi) is 11.4. The highest BCUT2D eigenvalue weighted by atomic mass is 14.9. The van der Waals surface area contributed by atoms with Crippen LogP contribution in [0.5, 0.6) is 0 Å². The van der Waals surface area contributed by atoms with Gasteiger partial charge in [-0.15, -0.1) is 0 Å². The molecule has 4 unspecified atom stereocenters. The Bertz CT molecular complexity index is 1140. The van der Waals surface area contributed by atoms with Gasteiger partial charge in [-0.1, -0.05) is 27.7 Å². The van der Waals surface area contributed by atoms with Crippen LogP contribution < -0.4 is 9.13 Å². The molecule has 4 aromatic rings. The minimum Gasteiger partial charge on any atom is -0.265 e. The van der Waals surface area contributed by atoms with E-state index in [4.69, 9.17) is 0 Å². The summed E-state index contributed by atoms with van der Waals surface area (Å²) in [6.07, 6.45) is 23.7. The fraction of sp³-hybridized carbons (Fsp3) is 0.444. The van der Waals surface area contributed by atoms with Crippen LogP contribution >= 0.6 is 0 Å². The van der Waals surface area contributed by atoms with Gasteiger partial charge < -0.3 is 0 Å². The second-order valence-electron chi connectivity index (χ2n) is 11.5. The molecule has 0 saturated carbocycles. The summed E-state index contributed by atoms with van der Waals surface area (Å²) < 4.78 is 4.66. The molecule has 0 spiro atoms. The smallest absolute Gasteiger partial charge is 0.169 e. The highest BCUT2D eigenvalue weighted by Gasteiger charge is 2.17. The molecule has 0 saturated heterocycles. The van der Waals surface area contributed by atoms with Gasteiger partial charge in [-0.2, -0.15) is 0 Å². The molecule has 4 rings (SSSR count). The molecule has 0 aromatic carbocycles. The second kappa shape index (κ2) is 15.4. The van der Waals surface area contributed by atoms with E-state index in [0.717, 1.165) is 25.9 Å². The molecule has 4 aromatic heterocycles. The number of unbranched alkanes of at least 4 members (excludes halogenated alkanes) is 1. The minimum absolute atomic E-state index is 0.540. The van der Waals surface area contributed by atoms with Gasteiger partial charge in [0, 0.05) is 61.9 Å². The number of pyridine rings is 4. The Balaban J connectivity index is 1.20. The molecule has 0 fully saturated rings. The SMILES string of the molecule is CCC(CC(C)c1cc[n+](CCCC[n+]2ccc(C(C)CC(CC)c3ccncc3)cc2)cc1)c1ccncc1. The molecule has 0 aliphatic carbocycles. The van der Waals surface area contributed by atoms with E-state index in [2.05, 4.69) is 120 Å². The first-order valence-corrected chi connectivity index (χ1v) is 15.3. The lowest BCUT2D eigenvalue weighted by molar-refractivity contribution is -0.708. The maximum Gasteiger partial charge on any atom is 0.169 e. The molecule has 0 radical (unpaired) electrons. The van der Waals surface area contributed by atoms with Gasteiger partial charge in [0.15, 0.2) is 24.8 Å².